The van der Waals surface area contributed by atoms with Crippen LogP contribution in [-0.2, 0) is 10.0 Å². The van der Waals surface area contributed by atoms with Crippen molar-refractivity contribution >= 4 is 10.0 Å². The summed E-state index contributed by atoms with van der Waals surface area (Å²) in [5.41, 5.74) is -0.431. The maximum absolute atomic E-state index is 12.4. The fraction of sp³-hybridized carbons (Fsp3) is 0.500. The molecule has 0 saturated carbocycles. The summed E-state index contributed by atoms with van der Waals surface area (Å²) in [5.74, 6) is 0.361. The van der Waals surface area contributed by atoms with E-state index in [-0.39, 0.29) is 4.90 Å². The highest BCUT2D eigenvalue weighted by Crippen LogP contribution is 2.25. The van der Waals surface area contributed by atoms with E-state index in [0.29, 0.717) is 12.3 Å². The highest BCUT2D eigenvalue weighted by molar-refractivity contribution is 7.89. The molecule has 6 heteroatoms. The van der Waals surface area contributed by atoms with Gasteiger partial charge in [0.25, 0.3) is 0 Å². The Morgan fingerprint density at radius 2 is 2.11 bits per heavy atom. The lowest BCUT2D eigenvalue weighted by atomic mass is 10.0. The van der Waals surface area contributed by atoms with Crippen LogP contribution in [0.5, 0.6) is 5.75 Å². The molecule has 100 valence electrons. The molecule has 2 rings (SSSR count). The molecule has 0 aliphatic carbocycles. The number of methoxy groups -OCH3 is 1. The van der Waals surface area contributed by atoms with E-state index in [1.54, 1.807) is 24.3 Å². The molecule has 0 bridgehead atoms. The van der Waals surface area contributed by atoms with Crippen molar-refractivity contribution in [2.45, 2.75) is 23.8 Å². The molecule has 1 aromatic carbocycles. The largest absolute Gasteiger partial charge is 0.495 e. The molecule has 5 nitrogen and oxygen atoms in total. The molecule has 2 N–H and O–H groups in total. The molecule has 1 aromatic rings. The van der Waals surface area contributed by atoms with Gasteiger partial charge in [-0.1, -0.05) is 12.1 Å². The number of sulfonamides is 1. The van der Waals surface area contributed by atoms with Crippen molar-refractivity contribution in [3.05, 3.63) is 24.3 Å². The molecule has 1 unspecified atom stereocenters. The predicted octanol–water partition coefficient (Wildman–Crippen LogP) is 0.725. The zero-order chi connectivity index (χ0) is 13.2. The zero-order valence-electron chi connectivity index (χ0n) is 10.6. The Balaban J connectivity index is 2.30. The highest BCUT2D eigenvalue weighted by atomic mass is 32.2. The van der Waals surface area contributed by atoms with E-state index in [1.807, 2.05) is 6.92 Å². The van der Waals surface area contributed by atoms with Crippen LogP contribution in [-0.4, -0.2) is 34.2 Å². The van der Waals surface area contributed by atoms with Crippen LogP contribution in [0.4, 0.5) is 0 Å². The normalized spacial score (nSPS) is 24.1. The summed E-state index contributed by atoms with van der Waals surface area (Å²) in [6.45, 7) is 3.37. The summed E-state index contributed by atoms with van der Waals surface area (Å²) >= 11 is 0. The maximum Gasteiger partial charge on any atom is 0.244 e. The summed E-state index contributed by atoms with van der Waals surface area (Å²) in [5, 5.41) is 3.16. The SMILES string of the molecule is COc1ccccc1S(=O)(=O)NC1(C)CCNC1. The average molecular weight is 270 g/mol. The van der Waals surface area contributed by atoms with Crippen LogP contribution in [0.15, 0.2) is 29.2 Å². The Morgan fingerprint density at radius 1 is 1.39 bits per heavy atom. The summed E-state index contributed by atoms with van der Waals surface area (Å²) in [6.07, 6.45) is 0.779. The fourth-order valence-corrected chi connectivity index (χ4v) is 3.73. The molecule has 1 fully saturated rings. The Kier molecular flexibility index (Phi) is 3.61. The molecule has 0 radical (unpaired) electrons. The number of benzene rings is 1. The second kappa shape index (κ2) is 4.87. The van der Waals surface area contributed by atoms with Crippen LogP contribution in [0.25, 0.3) is 0 Å². The fourth-order valence-electron chi connectivity index (χ4n) is 2.12. The Hall–Kier alpha value is -1.11. The molecule has 0 spiro atoms. The van der Waals surface area contributed by atoms with E-state index in [0.717, 1.165) is 13.0 Å². The van der Waals surface area contributed by atoms with E-state index in [2.05, 4.69) is 10.0 Å². The number of rotatable bonds is 4. The van der Waals surface area contributed by atoms with Gasteiger partial charge in [-0.3, -0.25) is 0 Å². The first kappa shape index (κ1) is 13.3. The Morgan fingerprint density at radius 3 is 2.72 bits per heavy atom. The van der Waals surface area contributed by atoms with Gasteiger partial charge >= 0.3 is 0 Å². The minimum absolute atomic E-state index is 0.181. The van der Waals surface area contributed by atoms with E-state index < -0.39 is 15.6 Å². The number of hydrogen-bond acceptors (Lipinski definition) is 4. The summed E-state index contributed by atoms with van der Waals surface area (Å²) in [4.78, 5) is 0.181. The first-order chi connectivity index (χ1) is 8.47. The van der Waals surface area contributed by atoms with Gasteiger partial charge in [0.2, 0.25) is 10.0 Å². The minimum Gasteiger partial charge on any atom is -0.495 e. The molecular weight excluding hydrogens is 252 g/mol. The van der Waals surface area contributed by atoms with Gasteiger partial charge < -0.3 is 10.1 Å². The number of ether oxygens (including phenoxy) is 1. The van der Waals surface area contributed by atoms with Crippen molar-refractivity contribution in [3.63, 3.8) is 0 Å². The van der Waals surface area contributed by atoms with Crippen LogP contribution in [0.3, 0.4) is 0 Å². The third kappa shape index (κ3) is 2.66. The van der Waals surface area contributed by atoms with Crippen molar-refractivity contribution in [2.24, 2.45) is 0 Å². The summed E-state index contributed by atoms with van der Waals surface area (Å²) in [7, 11) is -2.09. The molecule has 1 saturated heterocycles. The third-order valence-corrected chi connectivity index (χ3v) is 4.79. The molecule has 1 atom stereocenters. The zero-order valence-corrected chi connectivity index (χ0v) is 11.4. The molecule has 0 amide bonds. The maximum atomic E-state index is 12.4. The molecule has 1 aliphatic heterocycles. The average Bonchev–Trinajstić information content (AvgIpc) is 2.74. The van der Waals surface area contributed by atoms with Gasteiger partial charge in [-0.15, -0.1) is 0 Å². The molecule has 0 aromatic heterocycles. The Labute approximate surface area is 108 Å². The van der Waals surface area contributed by atoms with Crippen molar-refractivity contribution < 1.29 is 13.2 Å². The van der Waals surface area contributed by atoms with Crippen molar-refractivity contribution in [3.8, 4) is 5.75 Å². The lowest BCUT2D eigenvalue weighted by molar-refractivity contribution is 0.400. The van der Waals surface area contributed by atoms with E-state index in [1.165, 1.54) is 7.11 Å². The van der Waals surface area contributed by atoms with Gasteiger partial charge in [-0.05, 0) is 32.0 Å². The number of nitrogens with one attached hydrogen (secondary N) is 2. The van der Waals surface area contributed by atoms with Gasteiger partial charge in [-0.25, -0.2) is 13.1 Å². The van der Waals surface area contributed by atoms with Crippen LogP contribution in [0.1, 0.15) is 13.3 Å². The third-order valence-electron chi connectivity index (χ3n) is 3.11. The van der Waals surface area contributed by atoms with E-state index in [4.69, 9.17) is 4.74 Å². The van der Waals surface area contributed by atoms with Crippen LogP contribution < -0.4 is 14.8 Å². The molecule has 1 aliphatic rings. The van der Waals surface area contributed by atoms with Crippen LogP contribution >= 0.6 is 0 Å². The predicted molar refractivity (Wildman–Crippen MR) is 69.2 cm³/mol. The lowest BCUT2D eigenvalue weighted by Crippen LogP contribution is -2.47. The lowest BCUT2D eigenvalue weighted by Gasteiger charge is -2.24. The topological polar surface area (TPSA) is 67.4 Å². The molecule has 1 heterocycles. The van der Waals surface area contributed by atoms with Crippen molar-refractivity contribution in [1.29, 1.82) is 0 Å². The second-order valence-electron chi connectivity index (χ2n) is 4.74. The van der Waals surface area contributed by atoms with Crippen LogP contribution in [0, 0.1) is 0 Å². The van der Waals surface area contributed by atoms with Gasteiger partial charge in [0.05, 0.1) is 7.11 Å². The van der Waals surface area contributed by atoms with E-state index >= 15 is 0 Å². The summed E-state index contributed by atoms with van der Waals surface area (Å²) in [6, 6.07) is 6.62. The van der Waals surface area contributed by atoms with Gasteiger partial charge in [0.1, 0.15) is 10.6 Å². The van der Waals surface area contributed by atoms with Gasteiger partial charge in [0.15, 0.2) is 0 Å². The van der Waals surface area contributed by atoms with Crippen LogP contribution in [0.2, 0.25) is 0 Å². The van der Waals surface area contributed by atoms with Gasteiger partial charge in [0, 0.05) is 12.1 Å². The first-order valence-corrected chi connectivity index (χ1v) is 7.33. The van der Waals surface area contributed by atoms with Crippen molar-refractivity contribution in [2.75, 3.05) is 20.2 Å². The smallest absolute Gasteiger partial charge is 0.244 e. The van der Waals surface area contributed by atoms with E-state index in [9.17, 15) is 8.42 Å². The Bertz CT molecular complexity index is 522. The standard InChI is InChI=1S/C12H18N2O3S/c1-12(7-8-13-9-12)14-18(15,16)11-6-4-3-5-10(11)17-2/h3-6,13-14H,7-9H2,1-2H3. The quantitative estimate of drug-likeness (QED) is 0.846. The van der Waals surface area contributed by atoms with Crippen molar-refractivity contribution in [1.82, 2.24) is 10.0 Å². The molecular formula is C12H18N2O3S. The first-order valence-electron chi connectivity index (χ1n) is 5.85. The number of para-hydroxylation sites is 1. The minimum atomic E-state index is -3.56. The second-order valence-corrected chi connectivity index (χ2v) is 6.39. The monoisotopic (exact) mass is 270 g/mol. The molecule has 18 heavy (non-hydrogen) atoms. The van der Waals surface area contributed by atoms with Gasteiger partial charge in [-0.2, -0.15) is 0 Å². The highest BCUT2D eigenvalue weighted by Gasteiger charge is 2.34. The number of hydrogen-bond donors (Lipinski definition) is 2. The summed E-state index contributed by atoms with van der Waals surface area (Å²) < 4.78 is 32.6.